The molecule has 0 spiro atoms. The Bertz CT molecular complexity index is 537. The summed E-state index contributed by atoms with van der Waals surface area (Å²) in [6.45, 7) is 2.80. The van der Waals surface area contributed by atoms with Gasteiger partial charge in [0, 0.05) is 43.5 Å². The molecule has 0 unspecified atom stereocenters. The molecule has 23 heavy (non-hydrogen) atoms. The zero-order chi connectivity index (χ0) is 16.2. The molecule has 0 N–H and O–H groups in total. The quantitative estimate of drug-likeness (QED) is 0.825. The van der Waals surface area contributed by atoms with Crippen molar-refractivity contribution in [3.63, 3.8) is 0 Å². The Balaban J connectivity index is 1.87. The first-order valence-corrected chi connectivity index (χ1v) is 8.85. The van der Waals surface area contributed by atoms with E-state index in [0.29, 0.717) is 42.0 Å². The third-order valence-electron chi connectivity index (χ3n) is 4.56. The van der Waals surface area contributed by atoms with Crippen LogP contribution in [0.2, 0.25) is 10.0 Å². The van der Waals surface area contributed by atoms with Crippen LogP contribution in [-0.2, 0) is 9.47 Å². The van der Waals surface area contributed by atoms with E-state index < -0.39 is 0 Å². The average Bonchev–Trinajstić information content (AvgIpc) is 2.57. The van der Waals surface area contributed by atoms with Crippen molar-refractivity contribution in [2.24, 2.45) is 0 Å². The summed E-state index contributed by atoms with van der Waals surface area (Å²) in [5.74, 6) is -0.00883. The summed E-state index contributed by atoms with van der Waals surface area (Å²) in [6.07, 6.45) is 3.48. The van der Waals surface area contributed by atoms with Gasteiger partial charge in [-0.3, -0.25) is 4.79 Å². The third kappa shape index (κ3) is 4.00. The Morgan fingerprint density at radius 3 is 1.96 bits per heavy atom. The fourth-order valence-corrected chi connectivity index (χ4v) is 3.85. The lowest BCUT2D eigenvalue weighted by Crippen LogP contribution is -2.51. The average molecular weight is 358 g/mol. The molecule has 2 saturated heterocycles. The van der Waals surface area contributed by atoms with Gasteiger partial charge in [-0.15, -0.1) is 0 Å². The first kappa shape index (κ1) is 17.0. The van der Waals surface area contributed by atoms with E-state index in [1.54, 1.807) is 18.2 Å². The SMILES string of the molecule is O=C(c1ccc(Cl)cc1Cl)N(C1CCOCC1)C1CCOCC1. The van der Waals surface area contributed by atoms with Gasteiger partial charge in [0.05, 0.1) is 10.6 Å². The number of carbonyl (C=O) groups is 1. The van der Waals surface area contributed by atoms with Crippen molar-refractivity contribution in [2.45, 2.75) is 37.8 Å². The van der Waals surface area contributed by atoms with Crippen LogP contribution in [0, 0.1) is 0 Å². The molecule has 0 atom stereocenters. The van der Waals surface area contributed by atoms with Crippen LogP contribution in [0.25, 0.3) is 0 Å². The maximum atomic E-state index is 13.2. The van der Waals surface area contributed by atoms with E-state index in [1.165, 1.54) is 0 Å². The molecule has 2 heterocycles. The second-order valence-corrected chi connectivity index (χ2v) is 6.87. The van der Waals surface area contributed by atoms with Crippen LogP contribution in [-0.4, -0.2) is 49.3 Å². The Morgan fingerprint density at radius 2 is 1.48 bits per heavy atom. The number of hydrogen-bond donors (Lipinski definition) is 0. The van der Waals surface area contributed by atoms with Crippen molar-refractivity contribution in [1.29, 1.82) is 0 Å². The standard InChI is InChI=1S/C17H21Cl2NO3/c18-12-1-2-15(16(19)11-12)17(21)20(13-3-7-22-8-4-13)14-5-9-23-10-6-14/h1-2,11,13-14H,3-10H2. The monoisotopic (exact) mass is 357 g/mol. The van der Waals surface area contributed by atoms with Crippen molar-refractivity contribution in [3.8, 4) is 0 Å². The molecule has 1 amide bonds. The highest BCUT2D eigenvalue weighted by atomic mass is 35.5. The van der Waals surface area contributed by atoms with Crippen LogP contribution in [0.15, 0.2) is 18.2 Å². The van der Waals surface area contributed by atoms with Gasteiger partial charge < -0.3 is 14.4 Å². The fourth-order valence-electron chi connectivity index (χ4n) is 3.36. The fraction of sp³-hybridized carbons (Fsp3) is 0.588. The summed E-state index contributed by atoms with van der Waals surface area (Å²) in [7, 11) is 0. The normalized spacial score (nSPS) is 20.4. The largest absolute Gasteiger partial charge is 0.381 e. The number of ether oxygens (including phenoxy) is 2. The van der Waals surface area contributed by atoms with Crippen molar-refractivity contribution in [2.75, 3.05) is 26.4 Å². The molecule has 0 aromatic heterocycles. The van der Waals surface area contributed by atoms with Crippen LogP contribution < -0.4 is 0 Å². The molecule has 126 valence electrons. The van der Waals surface area contributed by atoms with Crippen LogP contribution in [0.4, 0.5) is 0 Å². The number of carbonyl (C=O) groups excluding carboxylic acids is 1. The third-order valence-corrected chi connectivity index (χ3v) is 5.11. The predicted octanol–water partition coefficient (Wildman–Crippen LogP) is 3.79. The van der Waals surface area contributed by atoms with Gasteiger partial charge in [0.2, 0.25) is 0 Å². The molecule has 4 nitrogen and oxygen atoms in total. The highest BCUT2D eigenvalue weighted by Gasteiger charge is 2.34. The van der Waals surface area contributed by atoms with E-state index in [2.05, 4.69) is 0 Å². The highest BCUT2D eigenvalue weighted by molar-refractivity contribution is 6.36. The molecule has 0 saturated carbocycles. The van der Waals surface area contributed by atoms with Crippen molar-refractivity contribution in [3.05, 3.63) is 33.8 Å². The Kier molecular flexibility index (Phi) is 5.81. The minimum absolute atomic E-state index is 0.00883. The number of benzene rings is 1. The Morgan fingerprint density at radius 1 is 0.957 bits per heavy atom. The maximum absolute atomic E-state index is 13.2. The van der Waals surface area contributed by atoms with Crippen molar-refractivity contribution in [1.82, 2.24) is 4.90 Å². The Hall–Kier alpha value is -0.810. The zero-order valence-corrected chi connectivity index (χ0v) is 14.5. The van der Waals surface area contributed by atoms with E-state index in [0.717, 1.165) is 25.7 Å². The molecular formula is C17H21Cl2NO3. The molecular weight excluding hydrogens is 337 g/mol. The van der Waals surface area contributed by atoms with Gasteiger partial charge in [-0.05, 0) is 43.9 Å². The van der Waals surface area contributed by atoms with E-state index in [9.17, 15) is 4.79 Å². The molecule has 3 rings (SSSR count). The lowest BCUT2D eigenvalue weighted by molar-refractivity contribution is -0.0110. The van der Waals surface area contributed by atoms with Gasteiger partial charge in [0.25, 0.3) is 5.91 Å². The van der Waals surface area contributed by atoms with Gasteiger partial charge in [0.15, 0.2) is 0 Å². The van der Waals surface area contributed by atoms with Crippen molar-refractivity contribution >= 4 is 29.1 Å². The Labute approximate surface area is 146 Å². The van der Waals surface area contributed by atoms with E-state index in [1.807, 2.05) is 4.90 Å². The summed E-state index contributed by atoms with van der Waals surface area (Å²) in [5, 5.41) is 0.946. The summed E-state index contributed by atoms with van der Waals surface area (Å²) >= 11 is 12.2. The molecule has 6 heteroatoms. The van der Waals surface area contributed by atoms with Crippen LogP contribution in [0.5, 0.6) is 0 Å². The summed E-state index contributed by atoms with van der Waals surface area (Å²) in [5.41, 5.74) is 0.522. The maximum Gasteiger partial charge on any atom is 0.255 e. The minimum atomic E-state index is -0.00883. The molecule has 2 fully saturated rings. The lowest BCUT2D eigenvalue weighted by Gasteiger charge is -2.41. The summed E-state index contributed by atoms with van der Waals surface area (Å²) in [6, 6.07) is 5.46. The second kappa shape index (κ2) is 7.84. The second-order valence-electron chi connectivity index (χ2n) is 6.02. The van der Waals surface area contributed by atoms with E-state index in [4.69, 9.17) is 32.7 Å². The summed E-state index contributed by atoms with van der Waals surface area (Å²) in [4.78, 5) is 15.2. The number of nitrogens with zero attached hydrogens (tertiary/aromatic N) is 1. The highest BCUT2D eigenvalue weighted by Crippen LogP contribution is 2.28. The summed E-state index contributed by atoms with van der Waals surface area (Å²) < 4.78 is 10.9. The molecule has 2 aliphatic rings. The number of rotatable bonds is 3. The predicted molar refractivity (Wildman–Crippen MR) is 90.3 cm³/mol. The van der Waals surface area contributed by atoms with E-state index >= 15 is 0 Å². The number of hydrogen-bond acceptors (Lipinski definition) is 3. The topological polar surface area (TPSA) is 38.8 Å². The molecule has 1 aromatic rings. The van der Waals surface area contributed by atoms with Gasteiger partial charge in [0.1, 0.15) is 0 Å². The van der Waals surface area contributed by atoms with Gasteiger partial charge in [-0.1, -0.05) is 23.2 Å². The number of halogens is 2. The lowest BCUT2D eigenvalue weighted by atomic mass is 9.98. The minimum Gasteiger partial charge on any atom is -0.381 e. The van der Waals surface area contributed by atoms with E-state index in [-0.39, 0.29) is 18.0 Å². The van der Waals surface area contributed by atoms with Crippen LogP contribution in [0.1, 0.15) is 36.0 Å². The van der Waals surface area contributed by atoms with Gasteiger partial charge in [-0.25, -0.2) is 0 Å². The van der Waals surface area contributed by atoms with Crippen LogP contribution in [0.3, 0.4) is 0 Å². The molecule has 0 radical (unpaired) electrons. The zero-order valence-electron chi connectivity index (χ0n) is 13.0. The van der Waals surface area contributed by atoms with Gasteiger partial charge >= 0.3 is 0 Å². The first-order valence-electron chi connectivity index (χ1n) is 8.10. The molecule has 1 aromatic carbocycles. The van der Waals surface area contributed by atoms with Crippen LogP contribution >= 0.6 is 23.2 Å². The first-order chi connectivity index (χ1) is 11.2. The molecule has 0 bridgehead atoms. The van der Waals surface area contributed by atoms with Gasteiger partial charge in [-0.2, -0.15) is 0 Å². The smallest absolute Gasteiger partial charge is 0.255 e. The molecule has 2 aliphatic heterocycles. The molecule has 0 aliphatic carbocycles. The number of amides is 1. The van der Waals surface area contributed by atoms with Crippen molar-refractivity contribution < 1.29 is 14.3 Å².